The quantitative estimate of drug-likeness (QED) is 0.828. The summed E-state index contributed by atoms with van der Waals surface area (Å²) in [7, 11) is 0. The first-order chi connectivity index (χ1) is 9.17. The van der Waals surface area contributed by atoms with Crippen molar-refractivity contribution in [2.45, 2.75) is 45.3 Å². The van der Waals surface area contributed by atoms with Gasteiger partial charge in [0.1, 0.15) is 5.82 Å². The average molecular weight is 259 g/mol. The number of imidazole rings is 1. The van der Waals surface area contributed by atoms with Crippen LogP contribution in [0.3, 0.4) is 0 Å². The third-order valence-electron chi connectivity index (χ3n) is 3.98. The van der Waals surface area contributed by atoms with Gasteiger partial charge in [-0.2, -0.15) is 0 Å². The van der Waals surface area contributed by atoms with E-state index in [1.807, 2.05) is 12.1 Å². The van der Waals surface area contributed by atoms with Crippen molar-refractivity contribution >= 4 is 16.7 Å². The van der Waals surface area contributed by atoms with E-state index in [1.54, 1.807) is 0 Å². The van der Waals surface area contributed by atoms with Gasteiger partial charge in [0.15, 0.2) is 0 Å². The number of nitrogen functional groups attached to an aromatic ring is 1. The summed E-state index contributed by atoms with van der Waals surface area (Å²) in [5.41, 5.74) is 8.75. The largest absolute Gasteiger partial charge is 0.399 e. The molecule has 0 aliphatic heterocycles. The van der Waals surface area contributed by atoms with Gasteiger partial charge in [-0.15, -0.1) is 0 Å². The second-order valence-corrected chi connectivity index (χ2v) is 5.63. The lowest BCUT2D eigenvalue weighted by atomic mass is 9.82. The van der Waals surface area contributed by atoms with Gasteiger partial charge in [0.2, 0.25) is 0 Å². The van der Waals surface area contributed by atoms with Crippen molar-refractivity contribution in [3.8, 4) is 0 Å². The van der Waals surface area contributed by atoms with Gasteiger partial charge in [-0.05, 0) is 43.4 Å². The van der Waals surface area contributed by atoms with Crippen LogP contribution in [0.25, 0.3) is 11.0 Å². The number of hydrogen-bond donors (Lipinski definition) is 2. The number of aliphatic hydroxyl groups excluding tert-OH is 1. The van der Waals surface area contributed by atoms with Gasteiger partial charge < -0.3 is 15.4 Å². The van der Waals surface area contributed by atoms with Crippen LogP contribution in [0.4, 0.5) is 5.69 Å². The molecule has 1 aliphatic carbocycles. The van der Waals surface area contributed by atoms with Crippen molar-refractivity contribution in [1.29, 1.82) is 0 Å². The van der Waals surface area contributed by atoms with Gasteiger partial charge in [0.25, 0.3) is 0 Å². The lowest BCUT2D eigenvalue weighted by molar-refractivity contribution is 0.0354. The molecule has 1 saturated carbocycles. The predicted molar refractivity (Wildman–Crippen MR) is 76.9 cm³/mol. The van der Waals surface area contributed by atoms with Crippen molar-refractivity contribution in [2.75, 3.05) is 5.73 Å². The third-order valence-corrected chi connectivity index (χ3v) is 3.98. The molecule has 1 aromatic heterocycles. The minimum Gasteiger partial charge on any atom is -0.399 e. The Morgan fingerprint density at radius 3 is 2.89 bits per heavy atom. The van der Waals surface area contributed by atoms with E-state index >= 15 is 0 Å². The summed E-state index contributed by atoms with van der Waals surface area (Å²) >= 11 is 0. The Kier molecular flexibility index (Phi) is 3.19. The second-order valence-electron chi connectivity index (χ2n) is 5.63. The van der Waals surface area contributed by atoms with Gasteiger partial charge in [0, 0.05) is 18.7 Å². The molecule has 0 saturated heterocycles. The van der Waals surface area contributed by atoms with Gasteiger partial charge in [-0.25, -0.2) is 4.98 Å². The standard InChI is InChI=1S/C15H21N3O/c1-2-3-15-17-13-8-11(16)4-5-14(13)18(15)9-10-6-12(19)7-10/h4-5,8,10,12,19H,2-3,6-7,9,16H2,1H3. The Morgan fingerprint density at radius 1 is 1.42 bits per heavy atom. The molecule has 1 aromatic carbocycles. The number of benzene rings is 1. The van der Waals surface area contributed by atoms with E-state index in [2.05, 4.69) is 17.6 Å². The van der Waals surface area contributed by atoms with Crippen molar-refractivity contribution in [3.63, 3.8) is 0 Å². The molecular weight excluding hydrogens is 238 g/mol. The molecule has 4 heteroatoms. The molecule has 0 atom stereocenters. The summed E-state index contributed by atoms with van der Waals surface area (Å²) in [5, 5.41) is 9.43. The van der Waals surface area contributed by atoms with Crippen LogP contribution in [0.2, 0.25) is 0 Å². The van der Waals surface area contributed by atoms with E-state index in [9.17, 15) is 5.11 Å². The third kappa shape index (κ3) is 2.32. The first kappa shape index (κ1) is 12.5. The van der Waals surface area contributed by atoms with Crippen LogP contribution in [-0.2, 0) is 13.0 Å². The van der Waals surface area contributed by atoms with E-state index in [1.165, 1.54) is 5.52 Å². The van der Waals surface area contributed by atoms with Crippen molar-refractivity contribution in [1.82, 2.24) is 9.55 Å². The van der Waals surface area contributed by atoms with Crippen molar-refractivity contribution < 1.29 is 5.11 Å². The first-order valence-corrected chi connectivity index (χ1v) is 7.10. The number of nitrogens with zero attached hydrogens (tertiary/aromatic N) is 2. The van der Waals surface area contributed by atoms with E-state index in [4.69, 9.17) is 10.7 Å². The minimum atomic E-state index is -0.0925. The van der Waals surface area contributed by atoms with E-state index in [0.717, 1.165) is 49.3 Å². The summed E-state index contributed by atoms with van der Waals surface area (Å²) in [6.07, 6.45) is 3.82. The zero-order valence-electron chi connectivity index (χ0n) is 11.3. The highest BCUT2D eigenvalue weighted by atomic mass is 16.3. The number of aromatic nitrogens is 2. The van der Waals surface area contributed by atoms with Gasteiger partial charge in [-0.1, -0.05) is 6.92 Å². The fourth-order valence-electron chi connectivity index (χ4n) is 2.92. The minimum absolute atomic E-state index is 0.0925. The van der Waals surface area contributed by atoms with Crippen molar-refractivity contribution in [3.05, 3.63) is 24.0 Å². The monoisotopic (exact) mass is 259 g/mol. The number of aryl methyl sites for hydroxylation is 1. The maximum Gasteiger partial charge on any atom is 0.109 e. The molecule has 2 aromatic rings. The Balaban J connectivity index is 1.96. The predicted octanol–water partition coefficient (Wildman–Crippen LogP) is 2.34. The molecule has 4 nitrogen and oxygen atoms in total. The maximum absolute atomic E-state index is 9.43. The molecule has 3 N–H and O–H groups in total. The summed E-state index contributed by atoms with van der Waals surface area (Å²) in [6.45, 7) is 3.14. The SMILES string of the molecule is CCCc1nc2cc(N)ccc2n1CC1CC(O)C1. The van der Waals surface area contributed by atoms with Crippen LogP contribution >= 0.6 is 0 Å². The van der Waals surface area contributed by atoms with Crippen LogP contribution < -0.4 is 5.73 Å². The van der Waals surface area contributed by atoms with Gasteiger partial charge >= 0.3 is 0 Å². The number of nitrogens with two attached hydrogens (primary N) is 1. The molecule has 3 rings (SSSR count). The number of hydrogen-bond acceptors (Lipinski definition) is 3. The number of fused-ring (bicyclic) bond motifs is 1. The molecule has 0 unspecified atom stereocenters. The smallest absolute Gasteiger partial charge is 0.109 e. The summed E-state index contributed by atoms with van der Waals surface area (Å²) in [5.74, 6) is 1.73. The lowest BCUT2D eigenvalue weighted by Gasteiger charge is -2.32. The highest BCUT2D eigenvalue weighted by Gasteiger charge is 2.28. The normalized spacial score (nSPS) is 22.6. The topological polar surface area (TPSA) is 64.1 Å². The van der Waals surface area contributed by atoms with Crippen LogP contribution in [-0.4, -0.2) is 20.8 Å². The van der Waals surface area contributed by atoms with Gasteiger partial charge in [-0.3, -0.25) is 0 Å². The highest BCUT2D eigenvalue weighted by Crippen LogP contribution is 2.31. The molecule has 1 fully saturated rings. The Morgan fingerprint density at radius 2 is 2.21 bits per heavy atom. The molecule has 1 aliphatic rings. The molecule has 0 radical (unpaired) electrons. The van der Waals surface area contributed by atoms with Crippen LogP contribution in [0, 0.1) is 5.92 Å². The Labute approximate surface area is 113 Å². The summed E-state index contributed by atoms with van der Waals surface area (Å²) < 4.78 is 2.31. The lowest BCUT2D eigenvalue weighted by Crippen LogP contribution is -2.31. The van der Waals surface area contributed by atoms with Crippen LogP contribution in [0.1, 0.15) is 32.0 Å². The fraction of sp³-hybridized carbons (Fsp3) is 0.533. The second kappa shape index (κ2) is 4.85. The Hall–Kier alpha value is -1.55. The summed E-state index contributed by atoms with van der Waals surface area (Å²) in [6, 6.07) is 5.94. The van der Waals surface area contributed by atoms with E-state index in [-0.39, 0.29) is 6.10 Å². The first-order valence-electron chi connectivity index (χ1n) is 7.10. The maximum atomic E-state index is 9.43. The summed E-state index contributed by atoms with van der Waals surface area (Å²) in [4.78, 5) is 4.71. The van der Waals surface area contributed by atoms with E-state index < -0.39 is 0 Å². The van der Waals surface area contributed by atoms with Crippen molar-refractivity contribution in [2.24, 2.45) is 5.92 Å². The highest BCUT2D eigenvalue weighted by molar-refractivity contribution is 5.79. The number of rotatable bonds is 4. The Bertz CT molecular complexity index is 584. The fourth-order valence-corrected chi connectivity index (χ4v) is 2.92. The average Bonchev–Trinajstić information content (AvgIpc) is 2.65. The van der Waals surface area contributed by atoms with Crippen LogP contribution in [0.15, 0.2) is 18.2 Å². The molecule has 0 amide bonds. The van der Waals surface area contributed by atoms with Crippen LogP contribution in [0.5, 0.6) is 0 Å². The van der Waals surface area contributed by atoms with E-state index in [0.29, 0.717) is 5.92 Å². The molecule has 19 heavy (non-hydrogen) atoms. The molecule has 0 spiro atoms. The molecular formula is C15H21N3O. The zero-order valence-corrected chi connectivity index (χ0v) is 11.3. The zero-order chi connectivity index (χ0) is 13.4. The number of aliphatic hydroxyl groups is 1. The molecule has 1 heterocycles. The molecule has 0 bridgehead atoms. The number of anilines is 1. The molecule has 102 valence electrons. The van der Waals surface area contributed by atoms with Gasteiger partial charge in [0.05, 0.1) is 17.1 Å².